The number of hydrogen-bond acceptors (Lipinski definition) is 4. The largest absolute Gasteiger partial charge is 0.499 e. The summed E-state index contributed by atoms with van der Waals surface area (Å²) < 4.78 is 69.4. The fourth-order valence-electron chi connectivity index (χ4n) is 1.17. The van der Waals surface area contributed by atoms with Gasteiger partial charge in [0, 0.05) is 5.56 Å². The number of halogens is 5. The van der Waals surface area contributed by atoms with Gasteiger partial charge in [-0.1, -0.05) is 0 Å². The van der Waals surface area contributed by atoms with Gasteiger partial charge in [-0.25, -0.2) is 0 Å². The Morgan fingerprint density at radius 3 is 2.11 bits per heavy atom. The van der Waals surface area contributed by atoms with E-state index in [1.807, 2.05) is 0 Å². The van der Waals surface area contributed by atoms with Gasteiger partial charge in [0.2, 0.25) is 12.3 Å². The molecule has 2 rings (SSSR count). The van der Waals surface area contributed by atoms with Gasteiger partial charge in [-0.3, -0.25) is 0 Å². The number of nitrogens with zero attached hydrogens (tertiary/aromatic N) is 2. The lowest BCUT2D eigenvalue weighted by Gasteiger charge is -2.20. The number of hydrogen-bond donors (Lipinski definition) is 0. The Morgan fingerprint density at radius 2 is 1.63 bits per heavy atom. The highest BCUT2D eigenvalue weighted by molar-refractivity contribution is 5.53. The number of benzene rings is 1. The van der Waals surface area contributed by atoms with Crippen molar-refractivity contribution in [3.05, 3.63) is 30.7 Å². The molecule has 0 aliphatic carbocycles. The number of ether oxygens (including phenoxy) is 1. The van der Waals surface area contributed by atoms with Crippen molar-refractivity contribution in [3.63, 3.8) is 0 Å². The Labute approximate surface area is 102 Å². The Balaban J connectivity index is 2.16. The van der Waals surface area contributed by atoms with Crippen LogP contribution in [0.15, 0.2) is 35.1 Å². The van der Waals surface area contributed by atoms with Crippen LogP contribution in [-0.2, 0) is 0 Å². The molecule has 0 radical (unpaired) electrons. The average Bonchev–Trinajstić information content (AvgIpc) is 2.81. The fraction of sp³-hybridized carbons (Fsp3) is 0.200. The summed E-state index contributed by atoms with van der Waals surface area (Å²) >= 11 is 0. The quantitative estimate of drug-likeness (QED) is 0.809. The molecular weight excluding hydrogens is 275 g/mol. The van der Waals surface area contributed by atoms with E-state index in [-0.39, 0.29) is 5.89 Å². The SMILES string of the molecule is FC(F)(F)C(F)(F)Oc1ccc(-c2nnco2)cc1. The first-order valence-corrected chi connectivity index (χ1v) is 4.80. The van der Waals surface area contributed by atoms with Crippen LogP contribution in [0.4, 0.5) is 22.0 Å². The molecule has 4 nitrogen and oxygen atoms in total. The van der Waals surface area contributed by atoms with Crippen LogP contribution in [0.5, 0.6) is 5.75 Å². The van der Waals surface area contributed by atoms with Crippen LogP contribution in [0.3, 0.4) is 0 Å². The molecule has 102 valence electrons. The maximum atomic E-state index is 12.6. The van der Waals surface area contributed by atoms with Gasteiger partial charge in [-0.2, -0.15) is 22.0 Å². The molecule has 1 aromatic carbocycles. The summed E-state index contributed by atoms with van der Waals surface area (Å²) in [5, 5.41) is 6.94. The van der Waals surface area contributed by atoms with Crippen molar-refractivity contribution in [1.29, 1.82) is 0 Å². The van der Waals surface area contributed by atoms with E-state index in [2.05, 4.69) is 14.9 Å². The summed E-state index contributed by atoms with van der Waals surface area (Å²) in [5.41, 5.74) is 0.361. The molecule has 0 amide bonds. The van der Waals surface area contributed by atoms with E-state index in [0.29, 0.717) is 5.56 Å². The summed E-state index contributed by atoms with van der Waals surface area (Å²) in [5.74, 6) is -0.528. The zero-order valence-electron chi connectivity index (χ0n) is 8.99. The molecule has 0 spiro atoms. The van der Waals surface area contributed by atoms with Crippen molar-refractivity contribution < 1.29 is 31.1 Å². The Kier molecular flexibility index (Phi) is 3.13. The van der Waals surface area contributed by atoms with E-state index >= 15 is 0 Å². The second kappa shape index (κ2) is 4.48. The first kappa shape index (κ1) is 13.2. The van der Waals surface area contributed by atoms with Crippen LogP contribution in [0, 0.1) is 0 Å². The molecule has 0 saturated carbocycles. The van der Waals surface area contributed by atoms with Crippen molar-refractivity contribution in [3.8, 4) is 17.2 Å². The number of rotatable bonds is 3. The summed E-state index contributed by atoms with van der Waals surface area (Å²) in [6.45, 7) is 0. The average molecular weight is 280 g/mol. The molecule has 9 heteroatoms. The highest BCUT2D eigenvalue weighted by atomic mass is 19.4. The Morgan fingerprint density at radius 1 is 1.00 bits per heavy atom. The van der Waals surface area contributed by atoms with Gasteiger partial charge in [0.05, 0.1) is 0 Å². The minimum absolute atomic E-state index is 0.106. The van der Waals surface area contributed by atoms with Crippen molar-refractivity contribution >= 4 is 0 Å². The van der Waals surface area contributed by atoms with E-state index in [0.717, 1.165) is 18.5 Å². The first-order valence-electron chi connectivity index (χ1n) is 4.80. The summed E-state index contributed by atoms with van der Waals surface area (Å²) in [6.07, 6.45) is -9.98. The third kappa shape index (κ3) is 2.80. The molecule has 1 heterocycles. The maximum Gasteiger partial charge on any atom is 0.499 e. The van der Waals surface area contributed by atoms with Crippen LogP contribution >= 0.6 is 0 Å². The lowest BCUT2D eigenvalue weighted by molar-refractivity contribution is -0.360. The second-order valence-corrected chi connectivity index (χ2v) is 3.38. The van der Waals surface area contributed by atoms with Gasteiger partial charge in [-0.15, -0.1) is 10.2 Å². The molecule has 0 aliphatic heterocycles. The summed E-state index contributed by atoms with van der Waals surface area (Å²) in [4.78, 5) is 0. The van der Waals surface area contributed by atoms with Crippen LogP contribution in [0.25, 0.3) is 11.5 Å². The highest BCUT2D eigenvalue weighted by Gasteiger charge is 2.61. The predicted octanol–water partition coefficient (Wildman–Crippen LogP) is 3.27. The van der Waals surface area contributed by atoms with Gasteiger partial charge >= 0.3 is 12.3 Å². The summed E-state index contributed by atoms with van der Waals surface area (Å²) in [7, 11) is 0. The smallest absolute Gasteiger partial charge is 0.426 e. The molecular formula is C10H5F5N2O2. The maximum absolute atomic E-state index is 12.6. The van der Waals surface area contributed by atoms with Crippen LogP contribution < -0.4 is 4.74 Å². The topological polar surface area (TPSA) is 48.2 Å². The normalized spacial score (nSPS) is 12.5. The van der Waals surface area contributed by atoms with Gasteiger partial charge in [0.15, 0.2) is 0 Å². The lowest BCUT2D eigenvalue weighted by Crippen LogP contribution is -2.41. The monoisotopic (exact) mass is 280 g/mol. The van der Waals surface area contributed by atoms with E-state index in [4.69, 9.17) is 4.42 Å². The van der Waals surface area contributed by atoms with Crippen LogP contribution in [0.1, 0.15) is 0 Å². The lowest BCUT2D eigenvalue weighted by atomic mass is 10.2. The van der Waals surface area contributed by atoms with E-state index in [9.17, 15) is 22.0 Å². The highest BCUT2D eigenvalue weighted by Crippen LogP contribution is 2.37. The van der Waals surface area contributed by atoms with E-state index in [1.165, 1.54) is 12.1 Å². The summed E-state index contributed by atoms with van der Waals surface area (Å²) in [6, 6.07) is 4.32. The van der Waals surface area contributed by atoms with Crippen LogP contribution in [-0.4, -0.2) is 22.5 Å². The molecule has 0 atom stereocenters. The molecule has 0 unspecified atom stereocenters. The molecule has 2 aromatic rings. The third-order valence-corrected chi connectivity index (χ3v) is 2.04. The fourth-order valence-corrected chi connectivity index (χ4v) is 1.17. The molecule has 0 saturated heterocycles. The molecule has 0 fully saturated rings. The van der Waals surface area contributed by atoms with E-state index < -0.39 is 18.0 Å². The van der Waals surface area contributed by atoms with Gasteiger partial charge in [0.1, 0.15) is 5.75 Å². The van der Waals surface area contributed by atoms with E-state index in [1.54, 1.807) is 0 Å². The van der Waals surface area contributed by atoms with Crippen molar-refractivity contribution in [1.82, 2.24) is 10.2 Å². The minimum atomic E-state index is -5.78. The Hall–Kier alpha value is -2.19. The number of aromatic nitrogens is 2. The zero-order chi connectivity index (χ0) is 14.1. The zero-order valence-corrected chi connectivity index (χ0v) is 8.99. The molecule has 0 bridgehead atoms. The predicted molar refractivity (Wildman–Crippen MR) is 51.4 cm³/mol. The molecule has 0 N–H and O–H groups in total. The van der Waals surface area contributed by atoms with Crippen LogP contribution in [0.2, 0.25) is 0 Å². The van der Waals surface area contributed by atoms with Crippen molar-refractivity contribution in [2.45, 2.75) is 12.3 Å². The van der Waals surface area contributed by atoms with Crippen molar-refractivity contribution in [2.75, 3.05) is 0 Å². The minimum Gasteiger partial charge on any atom is -0.426 e. The second-order valence-electron chi connectivity index (χ2n) is 3.38. The van der Waals surface area contributed by atoms with Crippen molar-refractivity contribution in [2.24, 2.45) is 0 Å². The van der Waals surface area contributed by atoms with Gasteiger partial charge in [-0.05, 0) is 24.3 Å². The molecule has 19 heavy (non-hydrogen) atoms. The molecule has 0 aliphatic rings. The Bertz CT molecular complexity index is 536. The number of alkyl halides is 5. The van der Waals surface area contributed by atoms with Gasteiger partial charge < -0.3 is 9.15 Å². The van der Waals surface area contributed by atoms with Gasteiger partial charge in [0.25, 0.3) is 0 Å². The third-order valence-electron chi connectivity index (χ3n) is 2.04. The first-order chi connectivity index (χ1) is 8.79. The standard InChI is InChI=1S/C10H5F5N2O2/c11-9(12,13)10(14,15)19-7-3-1-6(2-4-7)8-17-16-5-18-8/h1-5H. The molecule has 1 aromatic heterocycles.